The van der Waals surface area contributed by atoms with Crippen LogP contribution in [0.3, 0.4) is 0 Å². The van der Waals surface area contributed by atoms with Crippen LogP contribution in [0.25, 0.3) is 0 Å². The first-order valence-corrected chi connectivity index (χ1v) is 11.4. The average molecular weight is 452 g/mol. The van der Waals surface area contributed by atoms with Gasteiger partial charge in [-0.15, -0.1) is 0 Å². The van der Waals surface area contributed by atoms with E-state index in [1.165, 1.54) is 0 Å². The molecule has 0 unspecified atom stereocenters. The van der Waals surface area contributed by atoms with Crippen molar-refractivity contribution in [1.29, 1.82) is 0 Å². The van der Waals surface area contributed by atoms with Crippen LogP contribution in [0, 0.1) is 12.8 Å². The maximum absolute atomic E-state index is 13.0. The summed E-state index contributed by atoms with van der Waals surface area (Å²) in [7, 11) is 1.57. The van der Waals surface area contributed by atoms with Crippen molar-refractivity contribution in [3.63, 3.8) is 0 Å². The molecule has 0 aromatic heterocycles. The maximum atomic E-state index is 13.0. The molecule has 3 amide bonds. The van der Waals surface area contributed by atoms with Gasteiger partial charge < -0.3 is 20.3 Å². The van der Waals surface area contributed by atoms with Gasteiger partial charge in [-0.05, 0) is 75.9 Å². The van der Waals surface area contributed by atoms with Crippen LogP contribution in [0.1, 0.15) is 53.0 Å². The first-order valence-electron chi connectivity index (χ1n) is 11.4. The van der Waals surface area contributed by atoms with E-state index in [0.29, 0.717) is 42.8 Å². The molecule has 1 saturated heterocycles. The third-order valence-electron chi connectivity index (χ3n) is 5.95. The second-order valence-electron chi connectivity index (χ2n) is 8.84. The molecule has 0 radical (unpaired) electrons. The van der Waals surface area contributed by atoms with E-state index in [-0.39, 0.29) is 29.7 Å². The second-order valence-corrected chi connectivity index (χ2v) is 8.84. The average Bonchev–Trinajstić information content (AvgIpc) is 2.82. The Morgan fingerprint density at radius 3 is 2.03 bits per heavy atom. The number of ether oxygens (including phenoxy) is 1. The van der Waals surface area contributed by atoms with Gasteiger partial charge in [0.05, 0.1) is 7.11 Å². The van der Waals surface area contributed by atoms with Crippen LogP contribution in [0.2, 0.25) is 0 Å². The molecule has 3 rings (SSSR count). The van der Waals surface area contributed by atoms with E-state index in [1.54, 1.807) is 31.4 Å². The number of nitrogens with zero attached hydrogens (tertiary/aromatic N) is 1. The van der Waals surface area contributed by atoms with E-state index < -0.39 is 6.04 Å². The van der Waals surface area contributed by atoms with Gasteiger partial charge in [0.25, 0.3) is 11.8 Å². The number of piperidine rings is 1. The van der Waals surface area contributed by atoms with Gasteiger partial charge in [-0.25, -0.2) is 0 Å². The van der Waals surface area contributed by atoms with Crippen molar-refractivity contribution in [2.24, 2.45) is 5.92 Å². The standard InChI is InChI=1S/C26H33N3O4/c1-17(2)27-25(31)23(28-24(30)20-9-11-22(33-4)12-10-20)19-13-15-29(16-14-19)26(32)21-7-5-18(3)6-8-21/h5-12,17,19,23H,13-16H2,1-4H3,(H,27,31)(H,28,30)/t23-/m0/s1. The van der Waals surface area contributed by atoms with Crippen molar-refractivity contribution >= 4 is 17.7 Å². The highest BCUT2D eigenvalue weighted by atomic mass is 16.5. The van der Waals surface area contributed by atoms with E-state index in [4.69, 9.17) is 4.74 Å². The van der Waals surface area contributed by atoms with Gasteiger partial charge in [-0.1, -0.05) is 17.7 Å². The van der Waals surface area contributed by atoms with Crippen molar-refractivity contribution in [3.05, 3.63) is 65.2 Å². The smallest absolute Gasteiger partial charge is 0.253 e. The van der Waals surface area contributed by atoms with Crippen molar-refractivity contribution in [2.45, 2.75) is 45.7 Å². The molecule has 1 heterocycles. The van der Waals surface area contributed by atoms with Crippen molar-refractivity contribution in [3.8, 4) is 5.75 Å². The van der Waals surface area contributed by atoms with Crippen molar-refractivity contribution in [2.75, 3.05) is 20.2 Å². The molecule has 7 nitrogen and oxygen atoms in total. The summed E-state index contributed by atoms with van der Waals surface area (Å²) in [6.45, 7) is 6.86. The van der Waals surface area contributed by atoms with Gasteiger partial charge in [0.2, 0.25) is 5.91 Å². The predicted molar refractivity (Wildman–Crippen MR) is 127 cm³/mol. The number of carbonyl (C=O) groups is 3. The van der Waals surface area contributed by atoms with Crippen LogP contribution in [0.5, 0.6) is 5.75 Å². The molecule has 0 bridgehead atoms. The highest BCUT2D eigenvalue weighted by Crippen LogP contribution is 2.23. The summed E-state index contributed by atoms with van der Waals surface area (Å²) >= 11 is 0. The van der Waals surface area contributed by atoms with E-state index in [9.17, 15) is 14.4 Å². The quantitative estimate of drug-likeness (QED) is 0.677. The number of likely N-dealkylation sites (tertiary alicyclic amines) is 1. The summed E-state index contributed by atoms with van der Waals surface area (Å²) in [5.74, 6) is 0.0908. The number of benzene rings is 2. The van der Waals surface area contributed by atoms with Gasteiger partial charge in [0, 0.05) is 30.3 Å². The van der Waals surface area contributed by atoms with Crippen molar-refractivity contribution < 1.29 is 19.1 Å². The molecule has 7 heteroatoms. The monoisotopic (exact) mass is 451 g/mol. The highest BCUT2D eigenvalue weighted by molar-refractivity contribution is 5.98. The zero-order valence-corrected chi connectivity index (χ0v) is 19.8. The van der Waals surface area contributed by atoms with E-state index in [0.717, 1.165) is 5.56 Å². The number of carbonyl (C=O) groups excluding carboxylic acids is 3. The Hall–Kier alpha value is -3.35. The summed E-state index contributed by atoms with van der Waals surface area (Å²) in [4.78, 5) is 40.5. The number of rotatable bonds is 7. The maximum Gasteiger partial charge on any atom is 0.253 e. The SMILES string of the molecule is COc1ccc(C(=O)N[C@H](C(=O)NC(C)C)C2CCN(C(=O)c3ccc(C)cc3)CC2)cc1. The minimum atomic E-state index is -0.668. The molecule has 0 saturated carbocycles. The molecule has 2 N–H and O–H groups in total. The fourth-order valence-electron chi connectivity index (χ4n) is 4.05. The lowest BCUT2D eigenvalue weighted by atomic mass is 9.88. The van der Waals surface area contributed by atoms with Crippen LogP contribution in [0.15, 0.2) is 48.5 Å². The summed E-state index contributed by atoms with van der Waals surface area (Å²) < 4.78 is 5.15. The normalized spacial score (nSPS) is 15.1. The minimum absolute atomic E-state index is 0.00102. The van der Waals surface area contributed by atoms with Crippen LogP contribution in [-0.4, -0.2) is 54.9 Å². The number of nitrogens with one attached hydrogen (secondary N) is 2. The topological polar surface area (TPSA) is 87.7 Å². The molecular weight excluding hydrogens is 418 g/mol. The van der Waals surface area contributed by atoms with E-state index in [1.807, 2.05) is 49.9 Å². The predicted octanol–water partition coefficient (Wildman–Crippen LogP) is 3.18. The molecule has 2 aromatic rings. The number of amides is 3. The molecule has 1 atom stereocenters. The summed E-state index contributed by atoms with van der Waals surface area (Å²) in [6, 6.07) is 13.6. The summed E-state index contributed by atoms with van der Waals surface area (Å²) in [5, 5.41) is 5.86. The lowest BCUT2D eigenvalue weighted by molar-refractivity contribution is -0.125. The zero-order valence-electron chi connectivity index (χ0n) is 19.8. The lowest BCUT2D eigenvalue weighted by Crippen LogP contribution is -2.54. The molecule has 0 spiro atoms. The Balaban J connectivity index is 1.68. The third kappa shape index (κ3) is 6.34. The van der Waals surface area contributed by atoms with Crippen molar-refractivity contribution in [1.82, 2.24) is 15.5 Å². The van der Waals surface area contributed by atoms with Gasteiger partial charge >= 0.3 is 0 Å². The van der Waals surface area contributed by atoms with Gasteiger partial charge in [0.15, 0.2) is 0 Å². The van der Waals surface area contributed by atoms with Crippen LogP contribution >= 0.6 is 0 Å². The molecular formula is C26H33N3O4. The molecule has 176 valence electrons. The van der Waals surface area contributed by atoms with Gasteiger partial charge in [-0.3, -0.25) is 14.4 Å². The van der Waals surface area contributed by atoms with E-state index in [2.05, 4.69) is 10.6 Å². The van der Waals surface area contributed by atoms with Gasteiger partial charge in [0.1, 0.15) is 11.8 Å². The number of hydrogen-bond donors (Lipinski definition) is 2. The molecule has 1 aliphatic rings. The first-order chi connectivity index (χ1) is 15.8. The molecule has 33 heavy (non-hydrogen) atoms. The van der Waals surface area contributed by atoms with E-state index >= 15 is 0 Å². The molecule has 2 aromatic carbocycles. The summed E-state index contributed by atoms with van der Waals surface area (Å²) in [5.41, 5.74) is 2.24. The first kappa shape index (κ1) is 24.3. The summed E-state index contributed by atoms with van der Waals surface area (Å²) in [6.07, 6.45) is 1.27. The molecule has 0 aliphatic carbocycles. The highest BCUT2D eigenvalue weighted by Gasteiger charge is 2.34. The zero-order chi connectivity index (χ0) is 24.0. The number of aryl methyl sites for hydroxylation is 1. The number of hydrogen-bond acceptors (Lipinski definition) is 4. The Bertz CT molecular complexity index is 962. The molecule has 1 aliphatic heterocycles. The Labute approximate surface area is 195 Å². The fourth-order valence-corrected chi connectivity index (χ4v) is 4.05. The largest absolute Gasteiger partial charge is 0.497 e. The minimum Gasteiger partial charge on any atom is -0.497 e. The Morgan fingerprint density at radius 2 is 1.48 bits per heavy atom. The molecule has 1 fully saturated rings. The van der Waals surface area contributed by atoms with Crippen LogP contribution < -0.4 is 15.4 Å². The lowest BCUT2D eigenvalue weighted by Gasteiger charge is -2.36. The second kappa shape index (κ2) is 11.0. The Morgan fingerprint density at radius 1 is 0.909 bits per heavy atom. The van der Waals surface area contributed by atoms with Gasteiger partial charge in [-0.2, -0.15) is 0 Å². The van der Waals surface area contributed by atoms with Crippen LogP contribution in [0.4, 0.5) is 0 Å². The van der Waals surface area contributed by atoms with Crippen LogP contribution in [-0.2, 0) is 4.79 Å². The Kier molecular flexibility index (Phi) is 8.09. The number of methoxy groups -OCH3 is 1. The fraction of sp³-hybridized carbons (Fsp3) is 0.423. The third-order valence-corrected chi connectivity index (χ3v) is 5.95.